The van der Waals surface area contributed by atoms with Crippen molar-refractivity contribution < 1.29 is 9.21 Å². The Morgan fingerprint density at radius 3 is 2.76 bits per heavy atom. The number of carbonyl (C=O) groups is 1. The van der Waals surface area contributed by atoms with Crippen molar-refractivity contribution in [2.75, 3.05) is 0 Å². The van der Waals surface area contributed by atoms with Gasteiger partial charge in [0.15, 0.2) is 5.58 Å². The highest BCUT2D eigenvalue weighted by Gasteiger charge is 2.21. The van der Waals surface area contributed by atoms with Crippen LogP contribution in [0.5, 0.6) is 0 Å². The molecule has 1 heterocycles. The molecular formula is C13H13NO2S. The van der Waals surface area contributed by atoms with Crippen LogP contribution in [0.3, 0.4) is 0 Å². The van der Waals surface area contributed by atoms with Gasteiger partial charge in [0.05, 0.1) is 0 Å². The van der Waals surface area contributed by atoms with Crippen LogP contribution in [0.2, 0.25) is 0 Å². The lowest BCUT2D eigenvalue weighted by Gasteiger charge is -2.18. The smallest absolute Gasteiger partial charge is 0.257 e. The molecule has 0 unspecified atom stereocenters. The lowest BCUT2D eigenvalue weighted by atomic mass is 9.99. The molecule has 3 nitrogen and oxygen atoms in total. The molecule has 1 aromatic heterocycles. The SMILES string of the molecule is O=C1CCC(Sc2nc3ccccc3o2)CC1. The molecule has 1 saturated carbocycles. The number of fused-ring (bicyclic) bond motifs is 1. The van der Waals surface area contributed by atoms with Gasteiger partial charge in [0, 0.05) is 18.1 Å². The fourth-order valence-corrected chi connectivity index (χ4v) is 3.12. The van der Waals surface area contributed by atoms with Gasteiger partial charge in [-0.3, -0.25) is 4.79 Å². The Hall–Kier alpha value is -1.29. The van der Waals surface area contributed by atoms with E-state index in [4.69, 9.17) is 4.42 Å². The minimum atomic E-state index is 0.388. The number of rotatable bonds is 2. The number of benzene rings is 1. The third-order valence-electron chi connectivity index (χ3n) is 3.03. The Morgan fingerprint density at radius 2 is 2.00 bits per heavy atom. The maximum atomic E-state index is 11.2. The zero-order chi connectivity index (χ0) is 11.7. The quantitative estimate of drug-likeness (QED) is 0.815. The van der Waals surface area contributed by atoms with E-state index in [0.29, 0.717) is 23.9 Å². The standard InChI is InChI=1S/C13H13NO2S/c15-9-5-7-10(8-6-9)17-13-14-11-3-1-2-4-12(11)16-13/h1-4,10H,5-8H2. The van der Waals surface area contributed by atoms with Gasteiger partial charge in [-0.15, -0.1) is 0 Å². The van der Waals surface area contributed by atoms with E-state index >= 15 is 0 Å². The molecular weight excluding hydrogens is 234 g/mol. The van der Waals surface area contributed by atoms with Gasteiger partial charge in [-0.2, -0.15) is 0 Å². The van der Waals surface area contributed by atoms with Crippen molar-refractivity contribution in [3.63, 3.8) is 0 Å². The summed E-state index contributed by atoms with van der Waals surface area (Å²) in [4.78, 5) is 15.6. The molecule has 0 N–H and O–H groups in total. The van der Waals surface area contributed by atoms with E-state index in [1.54, 1.807) is 11.8 Å². The lowest BCUT2D eigenvalue weighted by Crippen LogP contribution is -2.15. The number of carbonyl (C=O) groups excluding carboxylic acids is 1. The molecule has 17 heavy (non-hydrogen) atoms. The molecule has 0 aliphatic heterocycles. The van der Waals surface area contributed by atoms with Gasteiger partial charge in [-0.25, -0.2) is 4.98 Å². The number of para-hydroxylation sites is 2. The Bertz CT molecular complexity index is 506. The lowest BCUT2D eigenvalue weighted by molar-refractivity contribution is -0.120. The average Bonchev–Trinajstić information content (AvgIpc) is 2.74. The number of Topliss-reactive ketones (excluding diaryl/α,β-unsaturated/α-hetero) is 1. The fraction of sp³-hybridized carbons (Fsp3) is 0.385. The molecule has 3 rings (SSSR count). The highest BCUT2D eigenvalue weighted by atomic mass is 32.2. The van der Waals surface area contributed by atoms with Crippen molar-refractivity contribution in [3.05, 3.63) is 24.3 Å². The third-order valence-corrected chi connectivity index (χ3v) is 4.21. The summed E-state index contributed by atoms with van der Waals surface area (Å²) in [5, 5.41) is 1.20. The van der Waals surface area contributed by atoms with Gasteiger partial charge in [0.1, 0.15) is 11.3 Å². The van der Waals surface area contributed by atoms with Crippen molar-refractivity contribution in [3.8, 4) is 0 Å². The van der Waals surface area contributed by atoms with Crippen LogP contribution >= 0.6 is 11.8 Å². The van der Waals surface area contributed by atoms with Gasteiger partial charge in [0.2, 0.25) is 0 Å². The summed E-state index contributed by atoms with van der Waals surface area (Å²) in [6.45, 7) is 0. The first-order valence-corrected chi connectivity index (χ1v) is 6.73. The molecule has 1 fully saturated rings. The minimum Gasteiger partial charge on any atom is -0.431 e. The Labute approximate surface area is 104 Å². The van der Waals surface area contributed by atoms with Crippen LogP contribution in [-0.4, -0.2) is 16.0 Å². The Balaban J connectivity index is 1.74. The number of oxazole rings is 1. The number of ketones is 1. The summed E-state index contributed by atoms with van der Waals surface area (Å²) in [5.41, 5.74) is 1.74. The number of hydrogen-bond acceptors (Lipinski definition) is 4. The first-order valence-electron chi connectivity index (χ1n) is 5.85. The molecule has 0 atom stereocenters. The number of nitrogens with zero attached hydrogens (tertiary/aromatic N) is 1. The molecule has 0 bridgehead atoms. The average molecular weight is 247 g/mol. The highest BCUT2D eigenvalue weighted by Crippen LogP contribution is 2.33. The number of thioether (sulfide) groups is 1. The van der Waals surface area contributed by atoms with E-state index in [-0.39, 0.29) is 0 Å². The predicted molar refractivity (Wildman–Crippen MR) is 67.1 cm³/mol. The second kappa shape index (κ2) is 4.53. The molecule has 1 aliphatic carbocycles. The van der Waals surface area contributed by atoms with E-state index in [9.17, 15) is 4.79 Å². The van der Waals surface area contributed by atoms with Gasteiger partial charge < -0.3 is 4.42 Å². The molecule has 4 heteroatoms. The summed E-state index contributed by atoms with van der Waals surface area (Å²) in [6, 6.07) is 7.78. The van der Waals surface area contributed by atoms with Crippen molar-refractivity contribution in [2.24, 2.45) is 0 Å². The first kappa shape index (κ1) is 10.8. The van der Waals surface area contributed by atoms with Gasteiger partial charge in [-0.05, 0) is 25.0 Å². The predicted octanol–water partition coefficient (Wildman–Crippen LogP) is 3.43. The normalized spacial score (nSPS) is 17.8. The highest BCUT2D eigenvalue weighted by molar-refractivity contribution is 7.99. The maximum absolute atomic E-state index is 11.2. The monoisotopic (exact) mass is 247 g/mol. The van der Waals surface area contributed by atoms with Crippen molar-refractivity contribution in [2.45, 2.75) is 36.2 Å². The molecule has 0 amide bonds. The van der Waals surface area contributed by atoms with Crippen LogP contribution in [0.4, 0.5) is 0 Å². The van der Waals surface area contributed by atoms with Crippen LogP contribution < -0.4 is 0 Å². The molecule has 0 radical (unpaired) electrons. The minimum absolute atomic E-state index is 0.388. The molecule has 2 aromatic rings. The summed E-state index contributed by atoms with van der Waals surface area (Å²) >= 11 is 1.66. The zero-order valence-corrected chi connectivity index (χ0v) is 10.2. The molecule has 88 valence electrons. The molecule has 0 spiro atoms. The van der Waals surface area contributed by atoms with E-state index in [0.717, 1.165) is 29.2 Å². The summed E-state index contributed by atoms with van der Waals surface area (Å²) in [6.07, 6.45) is 3.31. The third kappa shape index (κ3) is 2.36. The van der Waals surface area contributed by atoms with E-state index in [1.165, 1.54) is 0 Å². The van der Waals surface area contributed by atoms with Crippen molar-refractivity contribution >= 4 is 28.6 Å². The van der Waals surface area contributed by atoms with Crippen LogP contribution in [-0.2, 0) is 4.79 Å². The van der Waals surface area contributed by atoms with Crippen molar-refractivity contribution in [1.29, 1.82) is 0 Å². The second-order valence-electron chi connectivity index (χ2n) is 4.30. The zero-order valence-electron chi connectivity index (χ0n) is 9.39. The van der Waals surface area contributed by atoms with Gasteiger partial charge in [-0.1, -0.05) is 23.9 Å². The first-order chi connectivity index (χ1) is 8.31. The topological polar surface area (TPSA) is 43.1 Å². The van der Waals surface area contributed by atoms with Crippen LogP contribution in [0.1, 0.15) is 25.7 Å². The number of aromatic nitrogens is 1. The summed E-state index contributed by atoms with van der Waals surface area (Å²) in [5.74, 6) is 0.388. The Kier molecular flexibility index (Phi) is 2.89. The Morgan fingerprint density at radius 1 is 1.24 bits per heavy atom. The fourth-order valence-electron chi connectivity index (χ4n) is 2.08. The molecule has 1 aromatic carbocycles. The van der Waals surface area contributed by atoms with Crippen LogP contribution in [0.15, 0.2) is 33.9 Å². The van der Waals surface area contributed by atoms with E-state index in [1.807, 2.05) is 24.3 Å². The van der Waals surface area contributed by atoms with Gasteiger partial charge >= 0.3 is 0 Å². The van der Waals surface area contributed by atoms with E-state index in [2.05, 4.69) is 4.98 Å². The largest absolute Gasteiger partial charge is 0.431 e. The number of hydrogen-bond donors (Lipinski definition) is 0. The van der Waals surface area contributed by atoms with Gasteiger partial charge in [0.25, 0.3) is 5.22 Å². The second-order valence-corrected chi connectivity index (χ2v) is 5.55. The van der Waals surface area contributed by atoms with Crippen molar-refractivity contribution in [1.82, 2.24) is 4.98 Å². The van der Waals surface area contributed by atoms with Crippen LogP contribution in [0, 0.1) is 0 Å². The van der Waals surface area contributed by atoms with E-state index < -0.39 is 0 Å². The molecule has 0 saturated heterocycles. The maximum Gasteiger partial charge on any atom is 0.257 e. The summed E-state index contributed by atoms with van der Waals surface area (Å²) in [7, 11) is 0. The van der Waals surface area contributed by atoms with Crippen LogP contribution in [0.25, 0.3) is 11.1 Å². The summed E-state index contributed by atoms with van der Waals surface area (Å²) < 4.78 is 5.66. The molecule has 1 aliphatic rings.